The third kappa shape index (κ3) is 9.49. The number of nitrogens with two attached hydrogens (primary N) is 1. The molecule has 2 rings (SSSR count). The minimum Gasteiger partial charge on any atom is -0.444 e. The van der Waals surface area contributed by atoms with E-state index in [9.17, 15) is 9.59 Å². The molecule has 7 nitrogen and oxygen atoms in total. The van der Waals surface area contributed by atoms with Crippen LogP contribution in [0.5, 0.6) is 0 Å². The number of aryl methyl sites for hydroxylation is 1. The van der Waals surface area contributed by atoms with E-state index < -0.39 is 11.7 Å². The van der Waals surface area contributed by atoms with Crippen molar-refractivity contribution in [3.05, 3.63) is 21.4 Å². The number of amidine groups is 1. The highest BCUT2D eigenvalue weighted by atomic mass is 32.1. The highest BCUT2D eigenvalue weighted by Gasteiger charge is 2.22. The van der Waals surface area contributed by atoms with Crippen molar-refractivity contribution in [1.82, 2.24) is 10.2 Å². The second-order valence-electron chi connectivity index (χ2n) is 9.80. The van der Waals surface area contributed by atoms with Crippen LogP contribution in [-0.2, 0) is 16.0 Å². The summed E-state index contributed by atoms with van der Waals surface area (Å²) in [5, 5.41) is 2.76. The first kappa shape index (κ1) is 27.9. The standard InChI is InChI=1S/C26H42N4O3S/c1-6-8-9-10-12-20-18-21-22(34-20)16-19(17-23(27)29-21)24(31)30(14-7-2)15-11-13-28-25(32)33-26(3,4)5/h16,18H,6-15,17H2,1-5H3,(H2,27,29)(H,28,32). The molecule has 0 atom stereocenters. The van der Waals surface area contributed by atoms with Gasteiger partial charge in [0.05, 0.1) is 10.6 Å². The molecule has 0 radical (unpaired) electrons. The zero-order chi connectivity index (χ0) is 25.1. The molecule has 0 fully saturated rings. The van der Waals surface area contributed by atoms with E-state index in [1.165, 1.54) is 30.6 Å². The molecule has 2 heterocycles. The van der Waals surface area contributed by atoms with Gasteiger partial charge in [-0.05, 0) is 58.6 Å². The normalized spacial score (nSPS) is 13.4. The average Bonchev–Trinajstić information content (AvgIpc) is 3.04. The molecule has 0 saturated carbocycles. The molecule has 2 amide bonds. The lowest BCUT2D eigenvalue weighted by Crippen LogP contribution is -2.37. The van der Waals surface area contributed by atoms with Crippen molar-refractivity contribution >= 4 is 40.9 Å². The second kappa shape index (κ2) is 13.5. The Morgan fingerprint density at radius 2 is 1.91 bits per heavy atom. The number of fused-ring (bicyclic) bond motifs is 1. The van der Waals surface area contributed by atoms with Gasteiger partial charge < -0.3 is 20.7 Å². The van der Waals surface area contributed by atoms with Crippen LogP contribution in [0, 0.1) is 0 Å². The van der Waals surface area contributed by atoms with E-state index in [0.29, 0.717) is 43.9 Å². The lowest BCUT2D eigenvalue weighted by Gasteiger charge is -2.24. The molecule has 0 aromatic carbocycles. The molecule has 0 saturated heterocycles. The number of ether oxygens (including phenoxy) is 1. The summed E-state index contributed by atoms with van der Waals surface area (Å²) in [6, 6.07) is 2.12. The SMILES string of the molecule is CCCCCCc1cc2c(s1)C=C(C(=O)N(CCC)CCCNC(=O)OC(C)(C)C)CC(N)=N2. The second-order valence-corrected chi connectivity index (χ2v) is 11.0. The topological polar surface area (TPSA) is 97.0 Å². The predicted octanol–water partition coefficient (Wildman–Crippen LogP) is 5.80. The van der Waals surface area contributed by atoms with E-state index in [1.807, 2.05) is 31.7 Å². The van der Waals surface area contributed by atoms with E-state index in [-0.39, 0.29) is 5.91 Å². The minimum absolute atomic E-state index is 0.0111. The lowest BCUT2D eigenvalue weighted by molar-refractivity contribution is -0.127. The van der Waals surface area contributed by atoms with Gasteiger partial charge in [-0.25, -0.2) is 9.79 Å². The Hall–Kier alpha value is -2.35. The Bertz CT molecular complexity index is 883. The van der Waals surface area contributed by atoms with Gasteiger partial charge in [0.1, 0.15) is 11.4 Å². The fourth-order valence-electron chi connectivity index (χ4n) is 3.79. The first-order chi connectivity index (χ1) is 16.1. The molecular weight excluding hydrogens is 448 g/mol. The highest BCUT2D eigenvalue weighted by Crippen LogP contribution is 2.35. The Morgan fingerprint density at radius 1 is 1.15 bits per heavy atom. The monoisotopic (exact) mass is 490 g/mol. The summed E-state index contributed by atoms with van der Waals surface area (Å²) in [6.45, 7) is 11.4. The van der Waals surface area contributed by atoms with Crippen molar-refractivity contribution in [1.29, 1.82) is 0 Å². The zero-order valence-corrected chi connectivity index (χ0v) is 22.4. The number of carbonyl (C=O) groups is 2. The van der Waals surface area contributed by atoms with E-state index >= 15 is 0 Å². The number of rotatable bonds is 12. The maximum atomic E-state index is 13.4. The summed E-state index contributed by atoms with van der Waals surface area (Å²) in [6.07, 6.45) is 9.32. The van der Waals surface area contributed by atoms with Crippen LogP contribution in [0.1, 0.15) is 89.3 Å². The largest absolute Gasteiger partial charge is 0.444 e. The van der Waals surface area contributed by atoms with Gasteiger partial charge in [0.25, 0.3) is 0 Å². The number of thiophene rings is 1. The third-order valence-electron chi connectivity index (χ3n) is 5.34. The Labute approximate surface area is 208 Å². The molecule has 0 aliphatic carbocycles. The Balaban J connectivity index is 2.02. The van der Waals surface area contributed by atoms with Gasteiger partial charge in [0.2, 0.25) is 5.91 Å². The van der Waals surface area contributed by atoms with E-state index in [1.54, 1.807) is 11.3 Å². The number of nitrogens with one attached hydrogen (secondary N) is 1. The molecule has 1 aromatic rings. The van der Waals surface area contributed by atoms with Gasteiger partial charge >= 0.3 is 6.09 Å². The fourth-order valence-corrected chi connectivity index (χ4v) is 4.89. The van der Waals surface area contributed by atoms with E-state index in [0.717, 1.165) is 23.4 Å². The maximum Gasteiger partial charge on any atom is 0.407 e. The smallest absolute Gasteiger partial charge is 0.407 e. The van der Waals surface area contributed by atoms with Crippen molar-refractivity contribution in [2.45, 2.75) is 91.6 Å². The number of carbonyl (C=O) groups excluding carboxylic acids is 2. The van der Waals surface area contributed by atoms with Gasteiger partial charge in [0.15, 0.2) is 0 Å². The molecule has 1 aliphatic heterocycles. The summed E-state index contributed by atoms with van der Waals surface area (Å²) < 4.78 is 5.27. The van der Waals surface area contributed by atoms with Crippen molar-refractivity contribution in [3.63, 3.8) is 0 Å². The molecule has 1 aromatic heterocycles. The first-order valence-electron chi connectivity index (χ1n) is 12.5. The molecule has 0 bridgehead atoms. The van der Waals surface area contributed by atoms with Gasteiger partial charge in [0, 0.05) is 36.5 Å². The summed E-state index contributed by atoms with van der Waals surface area (Å²) in [7, 11) is 0. The molecule has 34 heavy (non-hydrogen) atoms. The fraction of sp³-hybridized carbons (Fsp3) is 0.654. The summed E-state index contributed by atoms with van der Waals surface area (Å²) in [5.41, 5.74) is 7.21. The first-order valence-corrected chi connectivity index (χ1v) is 13.4. The van der Waals surface area contributed by atoms with Crippen LogP contribution in [0.25, 0.3) is 6.08 Å². The molecule has 0 spiro atoms. The Morgan fingerprint density at radius 3 is 2.59 bits per heavy atom. The quantitative estimate of drug-likeness (QED) is 0.362. The summed E-state index contributed by atoms with van der Waals surface area (Å²) >= 11 is 1.71. The van der Waals surface area contributed by atoms with Gasteiger partial charge in [-0.3, -0.25) is 4.79 Å². The summed E-state index contributed by atoms with van der Waals surface area (Å²) in [5.74, 6) is 0.458. The third-order valence-corrected chi connectivity index (χ3v) is 6.47. The molecule has 8 heteroatoms. The van der Waals surface area contributed by atoms with Crippen molar-refractivity contribution in [2.75, 3.05) is 19.6 Å². The number of alkyl carbamates (subject to hydrolysis) is 1. The van der Waals surface area contributed by atoms with Gasteiger partial charge in [-0.1, -0.05) is 33.1 Å². The van der Waals surface area contributed by atoms with Crippen LogP contribution >= 0.6 is 11.3 Å². The number of amides is 2. The van der Waals surface area contributed by atoms with Crippen LogP contribution in [0.2, 0.25) is 0 Å². The van der Waals surface area contributed by atoms with Crippen LogP contribution in [0.4, 0.5) is 10.5 Å². The maximum absolute atomic E-state index is 13.4. The van der Waals surface area contributed by atoms with Crippen molar-refractivity contribution in [3.8, 4) is 0 Å². The number of aliphatic imine (C=N–C) groups is 1. The van der Waals surface area contributed by atoms with Crippen LogP contribution in [-0.4, -0.2) is 48.0 Å². The van der Waals surface area contributed by atoms with Crippen LogP contribution in [0.15, 0.2) is 16.6 Å². The zero-order valence-electron chi connectivity index (χ0n) is 21.5. The van der Waals surface area contributed by atoms with Gasteiger partial charge in [-0.15, -0.1) is 11.3 Å². The molecule has 3 N–H and O–H groups in total. The molecule has 1 aliphatic rings. The Kier molecular flexibility index (Phi) is 11.1. The van der Waals surface area contributed by atoms with Gasteiger partial charge in [-0.2, -0.15) is 0 Å². The number of hydrogen-bond donors (Lipinski definition) is 2. The van der Waals surface area contributed by atoms with E-state index in [2.05, 4.69) is 30.2 Å². The lowest BCUT2D eigenvalue weighted by atomic mass is 10.1. The number of hydrogen-bond acceptors (Lipinski definition) is 6. The van der Waals surface area contributed by atoms with Crippen LogP contribution < -0.4 is 11.1 Å². The molecule has 190 valence electrons. The van der Waals surface area contributed by atoms with Crippen molar-refractivity contribution < 1.29 is 14.3 Å². The van der Waals surface area contributed by atoms with Crippen molar-refractivity contribution in [2.24, 2.45) is 10.7 Å². The number of unbranched alkanes of at least 4 members (excludes halogenated alkanes) is 3. The van der Waals surface area contributed by atoms with Crippen LogP contribution in [0.3, 0.4) is 0 Å². The summed E-state index contributed by atoms with van der Waals surface area (Å²) in [4.78, 5) is 34.0. The van der Waals surface area contributed by atoms with E-state index in [4.69, 9.17) is 10.5 Å². The average molecular weight is 491 g/mol. The minimum atomic E-state index is -0.530. The molecule has 0 unspecified atom stereocenters. The number of nitrogens with zero attached hydrogens (tertiary/aromatic N) is 2. The highest BCUT2D eigenvalue weighted by molar-refractivity contribution is 7.13. The predicted molar refractivity (Wildman–Crippen MR) is 142 cm³/mol. The molecular formula is C26H42N4O3S.